The lowest BCUT2D eigenvalue weighted by Crippen LogP contribution is -2.38. The highest BCUT2D eigenvalue weighted by Crippen LogP contribution is 2.32. The number of rotatable bonds is 2. The minimum atomic E-state index is -4.84. The van der Waals surface area contributed by atoms with Crippen molar-refractivity contribution in [1.82, 2.24) is 0 Å². The molecule has 17 heavy (non-hydrogen) atoms. The molecule has 0 saturated heterocycles. The summed E-state index contributed by atoms with van der Waals surface area (Å²) in [6.45, 7) is 0. The van der Waals surface area contributed by atoms with E-state index in [9.17, 15) is 13.2 Å². The van der Waals surface area contributed by atoms with Gasteiger partial charge in [-0.05, 0) is 17.7 Å². The van der Waals surface area contributed by atoms with Crippen LogP contribution < -0.4 is 5.73 Å². The van der Waals surface area contributed by atoms with Crippen molar-refractivity contribution in [2.24, 2.45) is 5.73 Å². The van der Waals surface area contributed by atoms with E-state index in [1.165, 1.54) is 0 Å². The predicted octanol–water partition coefficient (Wildman–Crippen LogP) is 1.44. The average Bonchev–Trinajstić information content (AvgIpc) is 2.18. The Morgan fingerprint density at radius 3 is 2.06 bits per heavy atom. The number of alkyl halides is 3. The zero-order valence-electron chi connectivity index (χ0n) is 8.35. The fraction of sp³-hybridized carbons (Fsp3) is 0.333. The third-order valence-electron chi connectivity index (χ3n) is 2.06. The number of aromatic hydroxyl groups is 2. The number of hydrogen-bond donors (Lipinski definition) is 4. The molecule has 0 saturated carbocycles. The highest BCUT2D eigenvalue weighted by Gasteiger charge is 2.42. The van der Waals surface area contributed by atoms with Gasteiger partial charge in [0.05, 0.1) is 6.04 Å². The van der Waals surface area contributed by atoms with Gasteiger partial charge in [-0.15, -0.1) is 12.4 Å². The maximum atomic E-state index is 12.1. The van der Waals surface area contributed by atoms with Crippen LogP contribution in [0.2, 0.25) is 0 Å². The fourth-order valence-corrected chi connectivity index (χ4v) is 1.13. The van der Waals surface area contributed by atoms with E-state index in [2.05, 4.69) is 0 Å². The second-order valence-electron chi connectivity index (χ2n) is 3.26. The summed E-state index contributed by atoms with van der Waals surface area (Å²) < 4.78 is 36.4. The van der Waals surface area contributed by atoms with Crippen LogP contribution in [0.1, 0.15) is 11.6 Å². The summed E-state index contributed by atoms with van der Waals surface area (Å²) >= 11 is 0. The number of benzene rings is 1. The van der Waals surface area contributed by atoms with Gasteiger partial charge < -0.3 is 21.1 Å². The molecule has 1 rings (SSSR count). The van der Waals surface area contributed by atoms with E-state index in [4.69, 9.17) is 21.1 Å². The highest BCUT2D eigenvalue weighted by molar-refractivity contribution is 5.85. The highest BCUT2D eigenvalue weighted by atomic mass is 35.5. The fourth-order valence-electron chi connectivity index (χ4n) is 1.13. The van der Waals surface area contributed by atoms with E-state index in [1.54, 1.807) is 0 Å². The van der Waals surface area contributed by atoms with Crippen LogP contribution in [0.3, 0.4) is 0 Å². The Labute approximate surface area is 101 Å². The Hall–Kier alpha value is -1.18. The van der Waals surface area contributed by atoms with Gasteiger partial charge >= 0.3 is 6.18 Å². The second kappa shape index (κ2) is 5.44. The summed E-state index contributed by atoms with van der Waals surface area (Å²) in [5.41, 5.74) is 5.06. The van der Waals surface area contributed by atoms with Gasteiger partial charge in [0.25, 0.3) is 0 Å². The largest absolute Gasteiger partial charge is 0.504 e. The van der Waals surface area contributed by atoms with Gasteiger partial charge in [-0.25, -0.2) is 0 Å². The van der Waals surface area contributed by atoms with Crippen molar-refractivity contribution in [2.75, 3.05) is 0 Å². The summed E-state index contributed by atoms with van der Waals surface area (Å²) in [5.74, 6) is -1.07. The molecule has 0 aromatic heterocycles. The van der Waals surface area contributed by atoms with Crippen LogP contribution in [0.15, 0.2) is 18.2 Å². The first-order valence-electron chi connectivity index (χ1n) is 4.25. The van der Waals surface area contributed by atoms with Gasteiger partial charge in [0.1, 0.15) is 0 Å². The van der Waals surface area contributed by atoms with Gasteiger partial charge in [0.2, 0.25) is 0 Å². The van der Waals surface area contributed by atoms with Crippen molar-refractivity contribution in [1.29, 1.82) is 0 Å². The van der Waals surface area contributed by atoms with Crippen LogP contribution in [0.5, 0.6) is 11.5 Å². The van der Waals surface area contributed by atoms with Gasteiger partial charge in [-0.1, -0.05) is 6.07 Å². The Balaban J connectivity index is 0.00000256. The summed E-state index contributed by atoms with van der Waals surface area (Å²) in [7, 11) is 0. The quantitative estimate of drug-likeness (QED) is 0.614. The molecule has 8 heteroatoms. The molecule has 0 aliphatic heterocycles. The molecule has 0 unspecified atom stereocenters. The van der Waals surface area contributed by atoms with Gasteiger partial charge in [0, 0.05) is 0 Å². The third-order valence-corrected chi connectivity index (χ3v) is 2.06. The normalized spacial score (nSPS) is 14.9. The Morgan fingerprint density at radius 1 is 1.12 bits per heavy atom. The van der Waals surface area contributed by atoms with E-state index in [0.717, 1.165) is 18.2 Å². The lowest BCUT2D eigenvalue weighted by Gasteiger charge is -2.21. The van der Waals surface area contributed by atoms with E-state index >= 15 is 0 Å². The van der Waals surface area contributed by atoms with Crippen LogP contribution in [0.25, 0.3) is 0 Å². The minimum Gasteiger partial charge on any atom is -0.504 e. The van der Waals surface area contributed by atoms with Crippen molar-refractivity contribution in [2.45, 2.75) is 18.3 Å². The molecule has 4 nitrogen and oxygen atoms in total. The zero-order valence-corrected chi connectivity index (χ0v) is 9.16. The molecular weight excluding hydrogens is 263 g/mol. The van der Waals surface area contributed by atoms with Crippen molar-refractivity contribution in [3.63, 3.8) is 0 Å². The lowest BCUT2D eigenvalue weighted by atomic mass is 10.0. The first-order valence-corrected chi connectivity index (χ1v) is 4.25. The number of phenolic OH excluding ortho intramolecular Hbond substituents is 2. The van der Waals surface area contributed by atoms with Crippen LogP contribution in [0, 0.1) is 0 Å². The molecule has 2 atom stereocenters. The van der Waals surface area contributed by atoms with E-state index in [-0.39, 0.29) is 18.0 Å². The monoisotopic (exact) mass is 273 g/mol. The first-order chi connectivity index (χ1) is 7.23. The summed E-state index contributed by atoms with van der Waals surface area (Å²) in [6.07, 6.45) is -7.57. The molecule has 0 aliphatic carbocycles. The molecule has 1 aromatic carbocycles. The van der Waals surface area contributed by atoms with Crippen LogP contribution in [-0.4, -0.2) is 27.6 Å². The van der Waals surface area contributed by atoms with Gasteiger partial charge in [-0.2, -0.15) is 13.2 Å². The van der Waals surface area contributed by atoms with Crippen molar-refractivity contribution in [3.8, 4) is 11.5 Å². The maximum absolute atomic E-state index is 12.1. The molecule has 98 valence electrons. The van der Waals surface area contributed by atoms with E-state index < -0.39 is 29.8 Å². The molecular formula is C9H11ClF3NO3. The molecule has 0 fully saturated rings. The Morgan fingerprint density at radius 2 is 1.65 bits per heavy atom. The first kappa shape index (κ1) is 15.8. The zero-order chi connectivity index (χ0) is 12.5. The van der Waals surface area contributed by atoms with E-state index in [1.807, 2.05) is 0 Å². The number of halogens is 4. The van der Waals surface area contributed by atoms with Crippen LogP contribution >= 0.6 is 12.4 Å². The number of hydrogen-bond acceptors (Lipinski definition) is 4. The molecule has 0 amide bonds. The predicted molar refractivity (Wildman–Crippen MR) is 56.0 cm³/mol. The molecule has 0 radical (unpaired) electrons. The second-order valence-corrected chi connectivity index (χ2v) is 3.26. The molecule has 0 spiro atoms. The van der Waals surface area contributed by atoms with Crippen molar-refractivity contribution >= 4 is 12.4 Å². The number of phenols is 2. The van der Waals surface area contributed by atoms with Gasteiger partial charge in [0.15, 0.2) is 17.6 Å². The number of nitrogens with two attached hydrogens (primary N) is 1. The third kappa shape index (κ3) is 3.65. The smallest absolute Gasteiger partial charge is 0.416 e. The molecule has 1 aromatic rings. The van der Waals surface area contributed by atoms with E-state index in [0.29, 0.717) is 0 Å². The number of aliphatic hydroxyl groups excluding tert-OH is 1. The maximum Gasteiger partial charge on any atom is 0.416 e. The van der Waals surface area contributed by atoms with Crippen LogP contribution in [-0.2, 0) is 0 Å². The molecule has 5 N–H and O–H groups in total. The summed E-state index contributed by atoms with van der Waals surface area (Å²) in [5, 5.41) is 26.9. The number of aliphatic hydroxyl groups is 1. The van der Waals surface area contributed by atoms with Crippen molar-refractivity contribution < 1.29 is 28.5 Å². The Kier molecular flexibility index (Phi) is 5.06. The Bertz CT molecular complexity index is 386. The molecule has 0 bridgehead atoms. The van der Waals surface area contributed by atoms with Gasteiger partial charge in [-0.3, -0.25) is 0 Å². The lowest BCUT2D eigenvalue weighted by molar-refractivity contribution is -0.210. The van der Waals surface area contributed by atoms with Crippen LogP contribution in [0.4, 0.5) is 13.2 Å². The summed E-state index contributed by atoms with van der Waals surface area (Å²) in [4.78, 5) is 0. The summed E-state index contributed by atoms with van der Waals surface area (Å²) in [6, 6.07) is 1.24. The standard InChI is InChI=1S/C9H10F3NO3.ClH/c10-9(11,12)8(16)7(13)4-1-2-5(14)6(15)3-4;/h1-3,7-8,14-16H,13H2;1H/t7-,8-;/m0./s1. The topological polar surface area (TPSA) is 86.7 Å². The molecule has 0 heterocycles. The average molecular weight is 274 g/mol. The SMILES string of the molecule is Cl.N[C@@H](c1ccc(O)c(O)c1)[C@H](O)C(F)(F)F. The minimum absolute atomic E-state index is 0. The van der Waals surface area contributed by atoms with Crippen molar-refractivity contribution in [3.05, 3.63) is 23.8 Å². The molecule has 0 aliphatic rings.